The third-order valence-electron chi connectivity index (χ3n) is 5.58. The Morgan fingerprint density at radius 3 is 2.52 bits per heavy atom. The van der Waals surface area contributed by atoms with E-state index in [-0.39, 0.29) is 11.2 Å². The van der Waals surface area contributed by atoms with Gasteiger partial charge in [0.2, 0.25) is 5.43 Å². The molecule has 1 aliphatic heterocycles. The summed E-state index contributed by atoms with van der Waals surface area (Å²) in [6.07, 6.45) is 8.79. The van der Waals surface area contributed by atoms with Crippen LogP contribution in [-0.4, -0.2) is 52.7 Å². The lowest BCUT2D eigenvalue weighted by Gasteiger charge is -2.35. The maximum absolute atomic E-state index is 11.9. The average Bonchev–Trinajstić information content (AvgIpc) is 3.05. The minimum Gasteiger partial charge on any atom is -0.503 e. The molecule has 0 bridgehead atoms. The molecule has 1 aromatic heterocycles. The molecule has 2 heterocycles. The third-order valence-corrected chi connectivity index (χ3v) is 5.58. The van der Waals surface area contributed by atoms with Crippen molar-refractivity contribution in [2.75, 3.05) is 27.2 Å². The van der Waals surface area contributed by atoms with Crippen LogP contribution in [0.3, 0.4) is 0 Å². The minimum absolute atomic E-state index is 0.123. The van der Waals surface area contributed by atoms with Crippen LogP contribution in [-0.2, 0) is 6.54 Å². The third kappa shape index (κ3) is 3.78. The summed E-state index contributed by atoms with van der Waals surface area (Å²) in [6, 6.07) is 2.65. The highest BCUT2D eigenvalue weighted by Crippen LogP contribution is 2.31. The Labute approximate surface area is 138 Å². The minimum atomic E-state index is -0.258. The van der Waals surface area contributed by atoms with Crippen LogP contribution in [0.1, 0.15) is 50.3 Å². The Bertz CT molecular complexity index is 584. The lowest BCUT2D eigenvalue weighted by atomic mass is 10.0. The summed E-state index contributed by atoms with van der Waals surface area (Å²) in [4.78, 5) is 16.7. The zero-order valence-electron chi connectivity index (χ0n) is 14.4. The largest absolute Gasteiger partial charge is 0.503 e. The maximum Gasteiger partial charge on any atom is 0.223 e. The van der Waals surface area contributed by atoms with Gasteiger partial charge in [0.15, 0.2) is 5.75 Å². The quantitative estimate of drug-likeness (QED) is 0.924. The molecule has 0 amide bonds. The van der Waals surface area contributed by atoms with Gasteiger partial charge in [-0.25, -0.2) is 0 Å². The van der Waals surface area contributed by atoms with Crippen molar-refractivity contribution in [1.29, 1.82) is 0 Å². The molecule has 1 saturated heterocycles. The number of likely N-dealkylation sites (tertiary alicyclic amines) is 1. The molecule has 1 aromatic rings. The standard InChI is InChI=1S/C18H29N3O2/c1-19-9-7-14(8-10-19)20(2)12-16-11-17(22)18(23)13-21(16)15-5-3-4-6-15/h11,13-15,23H,3-10,12H2,1-2H3. The van der Waals surface area contributed by atoms with Gasteiger partial charge in [-0.05, 0) is 52.9 Å². The molecule has 0 spiro atoms. The molecular formula is C18H29N3O2. The lowest BCUT2D eigenvalue weighted by Crippen LogP contribution is -2.42. The average molecular weight is 319 g/mol. The van der Waals surface area contributed by atoms with Gasteiger partial charge in [-0.3, -0.25) is 9.69 Å². The molecule has 23 heavy (non-hydrogen) atoms. The van der Waals surface area contributed by atoms with Gasteiger partial charge in [0.05, 0.1) is 6.20 Å². The van der Waals surface area contributed by atoms with E-state index in [1.807, 2.05) is 0 Å². The molecule has 5 nitrogen and oxygen atoms in total. The van der Waals surface area contributed by atoms with E-state index in [9.17, 15) is 9.90 Å². The maximum atomic E-state index is 11.9. The molecule has 0 atom stereocenters. The highest BCUT2D eigenvalue weighted by Gasteiger charge is 2.24. The molecule has 128 valence electrons. The van der Waals surface area contributed by atoms with E-state index in [0.717, 1.165) is 38.2 Å². The fourth-order valence-corrected chi connectivity index (χ4v) is 4.05. The van der Waals surface area contributed by atoms with Gasteiger partial charge < -0.3 is 14.6 Å². The smallest absolute Gasteiger partial charge is 0.223 e. The first-order valence-electron chi connectivity index (χ1n) is 8.87. The summed E-state index contributed by atoms with van der Waals surface area (Å²) in [5.74, 6) is -0.123. The zero-order chi connectivity index (χ0) is 16.4. The summed E-state index contributed by atoms with van der Waals surface area (Å²) < 4.78 is 2.16. The summed E-state index contributed by atoms with van der Waals surface area (Å²) in [6.45, 7) is 3.06. The number of piperidine rings is 1. The highest BCUT2D eigenvalue weighted by atomic mass is 16.3. The summed E-state index contributed by atoms with van der Waals surface area (Å²) in [5.41, 5.74) is 0.784. The van der Waals surface area contributed by atoms with E-state index in [0.29, 0.717) is 12.1 Å². The van der Waals surface area contributed by atoms with E-state index in [4.69, 9.17) is 0 Å². The van der Waals surface area contributed by atoms with E-state index < -0.39 is 0 Å². The second-order valence-electron chi connectivity index (χ2n) is 7.31. The Morgan fingerprint density at radius 1 is 1.22 bits per heavy atom. The van der Waals surface area contributed by atoms with Gasteiger partial charge in [-0.2, -0.15) is 0 Å². The van der Waals surface area contributed by atoms with Crippen LogP contribution < -0.4 is 5.43 Å². The number of nitrogens with zero attached hydrogens (tertiary/aromatic N) is 3. The molecule has 5 heteroatoms. The van der Waals surface area contributed by atoms with Gasteiger partial charge in [0.25, 0.3) is 0 Å². The van der Waals surface area contributed by atoms with Crippen molar-refractivity contribution in [3.05, 3.63) is 28.2 Å². The molecule has 1 aliphatic carbocycles. The molecule has 1 N–H and O–H groups in total. The van der Waals surface area contributed by atoms with Crippen LogP contribution in [0, 0.1) is 0 Å². The predicted molar refractivity (Wildman–Crippen MR) is 91.9 cm³/mol. The van der Waals surface area contributed by atoms with Crippen LogP contribution >= 0.6 is 0 Å². The Morgan fingerprint density at radius 2 is 1.87 bits per heavy atom. The van der Waals surface area contributed by atoms with Crippen molar-refractivity contribution in [3.8, 4) is 5.75 Å². The summed E-state index contributed by atoms with van der Waals surface area (Å²) in [7, 11) is 4.33. The first-order chi connectivity index (χ1) is 11.0. The first kappa shape index (κ1) is 16.5. The molecule has 0 radical (unpaired) electrons. The van der Waals surface area contributed by atoms with Crippen LogP contribution in [0.2, 0.25) is 0 Å². The summed E-state index contributed by atoms with van der Waals surface area (Å²) >= 11 is 0. The fourth-order valence-electron chi connectivity index (χ4n) is 4.05. The van der Waals surface area contributed by atoms with Gasteiger partial charge in [0, 0.05) is 30.4 Å². The van der Waals surface area contributed by atoms with Crippen LogP contribution in [0.4, 0.5) is 0 Å². The van der Waals surface area contributed by atoms with Gasteiger partial charge in [-0.1, -0.05) is 12.8 Å². The first-order valence-corrected chi connectivity index (χ1v) is 8.87. The number of rotatable bonds is 4. The molecule has 3 rings (SSSR count). The normalized spacial score (nSPS) is 21.3. The predicted octanol–water partition coefficient (Wildman–Crippen LogP) is 2.19. The molecule has 0 aromatic carbocycles. The molecule has 1 saturated carbocycles. The van der Waals surface area contributed by atoms with Crippen molar-refractivity contribution >= 4 is 0 Å². The Balaban J connectivity index is 1.78. The van der Waals surface area contributed by atoms with Crippen molar-refractivity contribution in [2.45, 2.75) is 57.2 Å². The molecule has 2 aliphatic rings. The topological polar surface area (TPSA) is 48.7 Å². The van der Waals surface area contributed by atoms with Crippen molar-refractivity contribution in [2.24, 2.45) is 0 Å². The second kappa shape index (κ2) is 7.05. The van der Waals surface area contributed by atoms with Crippen molar-refractivity contribution in [1.82, 2.24) is 14.4 Å². The molecule has 2 fully saturated rings. The van der Waals surface area contributed by atoms with Gasteiger partial charge in [-0.15, -0.1) is 0 Å². The summed E-state index contributed by atoms with van der Waals surface area (Å²) in [5, 5.41) is 9.84. The zero-order valence-corrected chi connectivity index (χ0v) is 14.4. The Hall–Kier alpha value is -1.33. The van der Waals surface area contributed by atoms with E-state index in [1.165, 1.54) is 25.7 Å². The van der Waals surface area contributed by atoms with Crippen molar-refractivity contribution in [3.63, 3.8) is 0 Å². The number of hydrogen-bond acceptors (Lipinski definition) is 4. The fraction of sp³-hybridized carbons (Fsp3) is 0.722. The monoisotopic (exact) mass is 319 g/mol. The lowest BCUT2D eigenvalue weighted by molar-refractivity contribution is 0.136. The number of aromatic hydroxyl groups is 1. The van der Waals surface area contributed by atoms with Crippen LogP contribution in [0.5, 0.6) is 5.75 Å². The molecular weight excluding hydrogens is 290 g/mol. The Kier molecular flexibility index (Phi) is 5.07. The highest BCUT2D eigenvalue weighted by molar-refractivity contribution is 5.21. The van der Waals surface area contributed by atoms with Gasteiger partial charge >= 0.3 is 0 Å². The van der Waals surface area contributed by atoms with Gasteiger partial charge in [0.1, 0.15) is 0 Å². The van der Waals surface area contributed by atoms with Crippen LogP contribution in [0.15, 0.2) is 17.1 Å². The number of pyridine rings is 1. The van der Waals surface area contributed by atoms with Crippen molar-refractivity contribution < 1.29 is 5.11 Å². The van der Waals surface area contributed by atoms with E-state index >= 15 is 0 Å². The number of hydrogen-bond donors (Lipinski definition) is 1. The second-order valence-corrected chi connectivity index (χ2v) is 7.31. The van der Waals surface area contributed by atoms with E-state index in [2.05, 4.69) is 28.5 Å². The SMILES string of the molecule is CN1CCC(N(C)Cc2cc(=O)c(O)cn2C2CCCC2)CC1. The molecule has 0 unspecified atom stereocenters. The number of aromatic nitrogens is 1. The van der Waals surface area contributed by atoms with Crippen LogP contribution in [0.25, 0.3) is 0 Å². The van der Waals surface area contributed by atoms with E-state index in [1.54, 1.807) is 12.3 Å².